The molecule has 2 aromatic carbocycles. The van der Waals surface area contributed by atoms with Gasteiger partial charge in [0.1, 0.15) is 11.5 Å². The molecule has 174 valence electrons. The van der Waals surface area contributed by atoms with Gasteiger partial charge in [0, 0.05) is 6.04 Å². The van der Waals surface area contributed by atoms with Crippen LogP contribution in [0.5, 0.6) is 11.5 Å². The first-order chi connectivity index (χ1) is 15.9. The summed E-state index contributed by atoms with van der Waals surface area (Å²) >= 11 is 1.23. The smallest absolute Gasteiger partial charge is 0.230 e. The maximum Gasteiger partial charge on any atom is 0.230 e. The second-order valence-corrected chi connectivity index (χ2v) is 10.7. The highest BCUT2D eigenvalue weighted by Gasteiger charge is 2.29. The molecule has 0 saturated carbocycles. The Bertz CT molecular complexity index is 1240. The van der Waals surface area contributed by atoms with Crippen LogP contribution in [0.25, 0.3) is 17.1 Å². The van der Waals surface area contributed by atoms with Gasteiger partial charge in [-0.15, -0.1) is 10.2 Å². The van der Waals surface area contributed by atoms with Crippen LogP contribution in [0.1, 0.15) is 6.42 Å². The van der Waals surface area contributed by atoms with Crippen LogP contribution in [-0.2, 0) is 14.6 Å². The number of nitrogens with zero attached hydrogens (tertiary/aromatic N) is 3. The molecule has 1 saturated heterocycles. The molecule has 4 rings (SSSR count). The maximum atomic E-state index is 12.5. The van der Waals surface area contributed by atoms with E-state index in [1.54, 1.807) is 14.2 Å². The lowest BCUT2D eigenvalue weighted by atomic mass is 10.2. The number of carbonyl (C=O) groups is 1. The Morgan fingerprint density at radius 3 is 2.55 bits per heavy atom. The number of amides is 1. The zero-order chi connectivity index (χ0) is 23.4. The summed E-state index contributed by atoms with van der Waals surface area (Å²) < 4.78 is 35.9. The van der Waals surface area contributed by atoms with E-state index in [9.17, 15) is 13.2 Å². The summed E-state index contributed by atoms with van der Waals surface area (Å²) in [6, 6.07) is 14.6. The molecule has 9 nitrogen and oxygen atoms in total. The topological polar surface area (TPSA) is 112 Å². The molecule has 11 heteroatoms. The van der Waals surface area contributed by atoms with Gasteiger partial charge in [-0.3, -0.25) is 9.36 Å². The molecule has 33 heavy (non-hydrogen) atoms. The highest BCUT2D eigenvalue weighted by molar-refractivity contribution is 7.99. The summed E-state index contributed by atoms with van der Waals surface area (Å²) in [6.07, 6.45) is 0.443. The third kappa shape index (κ3) is 5.31. The van der Waals surface area contributed by atoms with E-state index in [4.69, 9.17) is 9.47 Å². The van der Waals surface area contributed by atoms with Gasteiger partial charge in [0.25, 0.3) is 0 Å². The molecule has 1 fully saturated rings. The van der Waals surface area contributed by atoms with Crippen molar-refractivity contribution in [2.75, 3.05) is 31.5 Å². The molecular weight excluding hydrogens is 464 g/mol. The molecule has 0 aliphatic carbocycles. The quantitative estimate of drug-likeness (QED) is 0.481. The average molecular weight is 489 g/mol. The molecule has 1 aliphatic heterocycles. The second-order valence-electron chi connectivity index (χ2n) is 7.50. The highest BCUT2D eigenvalue weighted by Crippen LogP contribution is 2.33. The van der Waals surface area contributed by atoms with E-state index in [2.05, 4.69) is 15.5 Å². The Morgan fingerprint density at radius 1 is 1.12 bits per heavy atom. The van der Waals surface area contributed by atoms with Gasteiger partial charge in [0.15, 0.2) is 20.8 Å². The third-order valence-electron chi connectivity index (χ3n) is 5.24. The molecule has 1 N–H and O–H groups in total. The lowest BCUT2D eigenvalue weighted by molar-refractivity contribution is -0.119. The molecule has 2 heterocycles. The van der Waals surface area contributed by atoms with E-state index in [1.165, 1.54) is 11.8 Å². The van der Waals surface area contributed by atoms with Crippen molar-refractivity contribution in [3.8, 4) is 28.6 Å². The Morgan fingerprint density at radius 2 is 1.88 bits per heavy atom. The SMILES string of the molecule is COc1ccc(-n2c(SCC(=O)NC3CCS(=O)(=O)C3)nnc2-c2ccccc2OC)cc1. The van der Waals surface area contributed by atoms with Gasteiger partial charge in [-0.05, 0) is 42.8 Å². The lowest BCUT2D eigenvalue weighted by Crippen LogP contribution is -2.36. The summed E-state index contributed by atoms with van der Waals surface area (Å²) in [7, 11) is 0.133. The number of hydrogen-bond donors (Lipinski definition) is 1. The van der Waals surface area contributed by atoms with Crippen molar-refractivity contribution in [2.45, 2.75) is 17.6 Å². The van der Waals surface area contributed by atoms with Crippen LogP contribution < -0.4 is 14.8 Å². The number of rotatable bonds is 8. The first-order valence-electron chi connectivity index (χ1n) is 10.3. The predicted octanol–water partition coefficient (Wildman–Crippen LogP) is 2.35. The van der Waals surface area contributed by atoms with Crippen molar-refractivity contribution in [1.29, 1.82) is 0 Å². The van der Waals surface area contributed by atoms with Crippen LogP contribution in [0.3, 0.4) is 0 Å². The molecule has 0 spiro atoms. The van der Waals surface area contributed by atoms with Gasteiger partial charge in [0.05, 0.1) is 42.7 Å². The number of thioether (sulfide) groups is 1. The van der Waals surface area contributed by atoms with Crippen molar-refractivity contribution in [3.05, 3.63) is 48.5 Å². The number of methoxy groups -OCH3 is 2. The minimum atomic E-state index is -3.06. The van der Waals surface area contributed by atoms with Crippen molar-refractivity contribution >= 4 is 27.5 Å². The third-order valence-corrected chi connectivity index (χ3v) is 7.94. The van der Waals surface area contributed by atoms with Crippen molar-refractivity contribution in [2.24, 2.45) is 0 Å². The number of sulfone groups is 1. The molecule has 1 amide bonds. The molecule has 0 bridgehead atoms. The number of aromatic nitrogens is 3. The first-order valence-corrected chi connectivity index (χ1v) is 13.1. The average Bonchev–Trinajstić information content (AvgIpc) is 3.40. The second kappa shape index (κ2) is 9.84. The highest BCUT2D eigenvalue weighted by atomic mass is 32.2. The van der Waals surface area contributed by atoms with E-state index in [0.29, 0.717) is 28.9 Å². The number of carbonyl (C=O) groups excluding carboxylic acids is 1. The Labute approximate surface area is 196 Å². The van der Waals surface area contributed by atoms with E-state index < -0.39 is 9.84 Å². The number of hydrogen-bond acceptors (Lipinski definition) is 8. The number of nitrogens with one attached hydrogen (secondary N) is 1. The van der Waals surface area contributed by atoms with Gasteiger partial charge in [0.2, 0.25) is 5.91 Å². The Balaban J connectivity index is 1.61. The summed E-state index contributed by atoms with van der Waals surface area (Å²) in [5.41, 5.74) is 1.56. The fourth-order valence-corrected chi connectivity index (χ4v) is 6.08. The largest absolute Gasteiger partial charge is 0.497 e. The zero-order valence-electron chi connectivity index (χ0n) is 18.2. The lowest BCUT2D eigenvalue weighted by Gasteiger charge is -2.13. The normalized spacial score (nSPS) is 17.0. The van der Waals surface area contributed by atoms with Gasteiger partial charge < -0.3 is 14.8 Å². The summed E-state index contributed by atoms with van der Waals surface area (Å²) in [6.45, 7) is 0. The van der Waals surface area contributed by atoms with E-state index in [1.807, 2.05) is 53.1 Å². The number of ether oxygens (including phenoxy) is 2. The number of benzene rings is 2. The van der Waals surface area contributed by atoms with Crippen molar-refractivity contribution in [3.63, 3.8) is 0 Å². The molecule has 1 aromatic heterocycles. The predicted molar refractivity (Wildman–Crippen MR) is 126 cm³/mol. The monoisotopic (exact) mass is 488 g/mol. The van der Waals surface area contributed by atoms with Crippen LogP contribution in [-0.4, -0.2) is 66.6 Å². The van der Waals surface area contributed by atoms with Crippen LogP contribution in [0.15, 0.2) is 53.7 Å². The van der Waals surface area contributed by atoms with Gasteiger partial charge >= 0.3 is 0 Å². The van der Waals surface area contributed by atoms with Crippen LogP contribution in [0.2, 0.25) is 0 Å². The molecule has 1 atom stereocenters. The van der Waals surface area contributed by atoms with Crippen molar-refractivity contribution < 1.29 is 22.7 Å². The van der Waals surface area contributed by atoms with Gasteiger partial charge in [-0.2, -0.15) is 0 Å². The van der Waals surface area contributed by atoms with E-state index in [0.717, 1.165) is 11.3 Å². The number of para-hydroxylation sites is 1. The molecule has 1 aliphatic rings. The minimum Gasteiger partial charge on any atom is -0.497 e. The minimum absolute atomic E-state index is 0.0105. The first kappa shape index (κ1) is 23.1. The molecule has 3 aromatic rings. The van der Waals surface area contributed by atoms with Crippen LogP contribution >= 0.6 is 11.8 Å². The Hall–Kier alpha value is -3.05. The van der Waals surface area contributed by atoms with Gasteiger partial charge in [-0.25, -0.2) is 8.42 Å². The summed E-state index contributed by atoms with van der Waals surface area (Å²) in [4.78, 5) is 12.5. The maximum absolute atomic E-state index is 12.5. The van der Waals surface area contributed by atoms with E-state index in [-0.39, 0.29) is 29.2 Å². The fraction of sp³-hybridized carbons (Fsp3) is 0.318. The Kier molecular flexibility index (Phi) is 6.89. The van der Waals surface area contributed by atoms with Crippen molar-refractivity contribution in [1.82, 2.24) is 20.1 Å². The summed E-state index contributed by atoms with van der Waals surface area (Å²) in [5, 5.41) is 12.0. The molecule has 1 unspecified atom stereocenters. The zero-order valence-corrected chi connectivity index (χ0v) is 19.9. The molecule has 0 radical (unpaired) electrons. The fourth-order valence-electron chi connectivity index (χ4n) is 3.64. The molecular formula is C22H24N4O5S2. The summed E-state index contributed by atoms with van der Waals surface area (Å²) in [5.74, 6) is 1.87. The van der Waals surface area contributed by atoms with Gasteiger partial charge in [-0.1, -0.05) is 23.9 Å². The standard InChI is InChI=1S/C22H24N4O5S2/c1-30-17-9-7-16(8-10-17)26-21(18-5-3-4-6-19(18)31-2)24-25-22(26)32-13-20(27)23-15-11-12-33(28,29)14-15/h3-10,15H,11-14H2,1-2H3,(H,23,27). The van der Waals surface area contributed by atoms with E-state index >= 15 is 0 Å². The van der Waals surface area contributed by atoms with Crippen LogP contribution in [0, 0.1) is 0 Å². The van der Waals surface area contributed by atoms with Crippen LogP contribution in [0.4, 0.5) is 0 Å².